The van der Waals surface area contributed by atoms with E-state index in [0.29, 0.717) is 12.6 Å². The molecule has 1 aliphatic heterocycles. The molecule has 0 aromatic heterocycles. The maximum absolute atomic E-state index is 5.92. The smallest absolute Gasteiger partial charge is 0.119 e. The molecule has 0 saturated carbocycles. The minimum absolute atomic E-state index is 0.307. The van der Waals surface area contributed by atoms with Crippen LogP contribution in [0.3, 0.4) is 0 Å². The van der Waals surface area contributed by atoms with Crippen molar-refractivity contribution >= 4 is 0 Å². The zero-order valence-electron chi connectivity index (χ0n) is 9.52. The Morgan fingerprint density at radius 2 is 2.12 bits per heavy atom. The van der Waals surface area contributed by atoms with Gasteiger partial charge in [-0.05, 0) is 30.7 Å². The Labute approximate surface area is 96.5 Å². The molecule has 1 aliphatic rings. The highest BCUT2D eigenvalue weighted by Gasteiger charge is 2.15. The Hall–Kier alpha value is -1.06. The van der Waals surface area contributed by atoms with Crippen molar-refractivity contribution in [3.05, 3.63) is 29.8 Å². The molecule has 1 saturated heterocycles. The largest absolute Gasteiger partial charge is 0.490 e. The highest BCUT2D eigenvalue weighted by atomic mass is 16.5. The first-order valence-electron chi connectivity index (χ1n) is 5.92. The van der Waals surface area contributed by atoms with E-state index in [0.717, 1.165) is 38.2 Å². The van der Waals surface area contributed by atoms with E-state index in [-0.39, 0.29) is 0 Å². The fourth-order valence-electron chi connectivity index (χ4n) is 1.93. The first-order chi connectivity index (χ1) is 7.88. The van der Waals surface area contributed by atoms with Crippen LogP contribution >= 0.6 is 0 Å². The lowest BCUT2D eigenvalue weighted by atomic mass is 10.1. The molecule has 1 heterocycles. The molecule has 1 fully saturated rings. The fourth-order valence-corrected chi connectivity index (χ4v) is 1.93. The average Bonchev–Trinajstić information content (AvgIpc) is 2.31. The van der Waals surface area contributed by atoms with Gasteiger partial charge in [-0.3, -0.25) is 0 Å². The Kier molecular flexibility index (Phi) is 4.19. The van der Waals surface area contributed by atoms with Gasteiger partial charge in [-0.1, -0.05) is 12.1 Å². The number of nitrogens with two attached hydrogens (primary N) is 1. The van der Waals surface area contributed by atoms with Crippen LogP contribution in [0.2, 0.25) is 0 Å². The number of benzene rings is 1. The Morgan fingerprint density at radius 1 is 1.31 bits per heavy atom. The van der Waals surface area contributed by atoms with Crippen LogP contribution in [0, 0.1) is 0 Å². The molecular formula is C13H19NO2. The van der Waals surface area contributed by atoms with Crippen molar-refractivity contribution < 1.29 is 9.47 Å². The molecule has 1 aromatic rings. The van der Waals surface area contributed by atoms with Gasteiger partial charge in [0.1, 0.15) is 11.9 Å². The van der Waals surface area contributed by atoms with Crippen molar-refractivity contribution in [3.63, 3.8) is 0 Å². The lowest BCUT2D eigenvalue weighted by molar-refractivity contribution is 0.0255. The summed E-state index contributed by atoms with van der Waals surface area (Å²) in [6.07, 6.45) is 3.19. The normalized spacial score (nSPS) is 17.3. The van der Waals surface area contributed by atoms with Crippen LogP contribution in [0.1, 0.15) is 18.4 Å². The van der Waals surface area contributed by atoms with Gasteiger partial charge in [-0.15, -0.1) is 0 Å². The van der Waals surface area contributed by atoms with Crippen molar-refractivity contribution in [2.75, 3.05) is 19.8 Å². The van der Waals surface area contributed by atoms with Gasteiger partial charge in [0.05, 0.1) is 13.2 Å². The molecule has 0 atom stereocenters. The van der Waals surface area contributed by atoms with Crippen molar-refractivity contribution in [1.82, 2.24) is 0 Å². The van der Waals surface area contributed by atoms with Gasteiger partial charge >= 0.3 is 0 Å². The predicted molar refractivity (Wildman–Crippen MR) is 63.7 cm³/mol. The van der Waals surface area contributed by atoms with E-state index in [2.05, 4.69) is 12.1 Å². The van der Waals surface area contributed by atoms with E-state index in [1.54, 1.807) is 0 Å². The summed E-state index contributed by atoms with van der Waals surface area (Å²) in [6, 6.07) is 8.21. The van der Waals surface area contributed by atoms with Crippen LogP contribution in [0.15, 0.2) is 24.3 Å². The summed E-state index contributed by atoms with van der Waals surface area (Å²) in [5.41, 5.74) is 6.78. The van der Waals surface area contributed by atoms with Gasteiger partial charge in [0, 0.05) is 12.8 Å². The monoisotopic (exact) mass is 221 g/mol. The number of rotatable bonds is 4. The minimum atomic E-state index is 0.307. The van der Waals surface area contributed by atoms with Crippen LogP contribution in [0.25, 0.3) is 0 Å². The van der Waals surface area contributed by atoms with E-state index < -0.39 is 0 Å². The molecule has 1 aromatic carbocycles. The molecular weight excluding hydrogens is 202 g/mol. The summed E-state index contributed by atoms with van der Waals surface area (Å²) < 4.78 is 11.2. The molecule has 0 radical (unpaired) electrons. The maximum atomic E-state index is 5.92. The summed E-state index contributed by atoms with van der Waals surface area (Å²) in [4.78, 5) is 0. The van der Waals surface area contributed by atoms with E-state index in [1.807, 2.05) is 12.1 Å². The van der Waals surface area contributed by atoms with Crippen molar-refractivity contribution in [3.8, 4) is 5.75 Å². The quantitative estimate of drug-likeness (QED) is 0.842. The van der Waals surface area contributed by atoms with Gasteiger partial charge in [-0.25, -0.2) is 0 Å². The van der Waals surface area contributed by atoms with Gasteiger partial charge in [-0.2, -0.15) is 0 Å². The molecule has 0 aliphatic carbocycles. The number of hydrogen-bond acceptors (Lipinski definition) is 3. The standard InChI is InChI=1S/C13H19NO2/c14-7-4-11-2-1-3-13(10-11)16-12-5-8-15-9-6-12/h1-3,10,12H,4-9,14H2. The molecule has 0 bridgehead atoms. The first-order valence-corrected chi connectivity index (χ1v) is 5.92. The third-order valence-corrected chi connectivity index (χ3v) is 2.80. The summed E-state index contributed by atoms with van der Waals surface area (Å²) in [5.74, 6) is 0.956. The van der Waals surface area contributed by atoms with Gasteiger partial charge in [0.2, 0.25) is 0 Å². The number of hydrogen-bond donors (Lipinski definition) is 1. The topological polar surface area (TPSA) is 44.5 Å². The first kappa shape index (κ1) is 11.4. The van der Waals surface area contributed by atoms with E-state index in [1.165, 1.54) is 5.56 Å². The second-order valence-corrected chi connectivity index (χ2v) is 4.12. The molecule has 0 spiro atoms. The SMILES string of the molecule is NCCc1cccc(OC2CCOCC2)c1. The van der Waals surface area contributed by atoms with E-state index in [9.17, 15) is 0 Å². The van der Waals surface area contributed by atoms with Crippen LogP contribution in [0.4, 0.5) is 0 Å². The second kappa shape index (κ2) is 5.87. The van der Waals surface area contributed by atoms with Gasteiger partial charge in [0.15, 0.2) is 0 Å². The molecule has 3 heteroatoms. The summed E-state index contributed by atoms with van der Waals surface area (Å²) in [7, 11) is 0. The van der Waals surface area contributed by atoms with Crippen molar-refractivity contribution in [2.45, 2.75) is 25.4 Å². The highest BCUT2D eigenvalue weighted by Crippen LogP contribution is 2.19. The zero-order chi connectivity index (χ0) is 11.2. The fraction of sp³-hybridized carbons (Fsp3) is 0.538. The molecule has 2 rings (SSSR count). The summed E-state index contributed by atoms with van der Waals surface area (Å²) in [6.45, 7) is 2.31. The van der Waals surface area contributed by atoms with E-state index >= 15 is 0 Å². The van der Waals surface area contributed by atoms with Crippen LogP contribution < -0.4 is 10.5 Å². The third-order valence-electron chi connectivity index (χ3n) is 2.80. The summed E-state index contributed by atoms with van der Waals surface area (Å²) >= 11 is 0. The van der Waals surface area contributed by atoms with Gasteiger partial charge < -0.3 is 15.2 Å². The molecule has 0 amide bonds. The van der Waals surface area contributed by atoms with Crippen molar-refractivity contribution in [1.29, 1.82) is 0 Å². The lowest BCUT2D eigenvalue weighted by Crippen LogP contribution is -2.25. The maximum Gasteiger partial charge on any atom is 0.119 e. The Balaban J connectivity index is 1.94. The van der Waals surface area contributed by atoms with Crippen LogP contribution in [-0.2, 0) is 11.2 Å². The van der Waals surface area contributed by atoms with E-state index in [4.69, 9.17) is 15.2 Å². The lowest BCUT2D eigenvalue weighted by Gasteiger charge is -2.23. The van der Waals surface area contributed by atoms with Gasteiger partial charge in [0.25, 0.3) is 0 Å². The Bertz CT molecular complexity index is 321. The third kappa shape index (κ3) is 3.22. The summed E-state index contributed by atoms with van der Waals surface area (Å²) in [5, 5.41) is 0. The molecule has 2 N–H and O–H groups in total. The minimum Gasteiger partial charge on any atom is -0.490 e. The molecule has 0 unspecified atom stereocenters. The van der Waals surface area contributed by atoms with Crippen molar-refractivity contribution in [2.24, 2.45) is 5.73 Å². The van der Waals surface area contributed by atoms with Crippen LogP contribution in [-0.4, -0.2) is 25.9 Å². The zero-order valence-corrected chi connectivity index (χ0v) is 9.52. The highest BCUT2D eigenvalue weighted by molar-refractivity contribution is 5.28. The Morgan fingerprint density at radius 3 is 2.88 bits per heavy atom. The predicted octanol–water partition coefficient (Wildman–Crippen LogP) is 1.75. The molecule has 88 valence electrons. The molecule has 3 nitrogen and oxygen atoms in total. The van der Waals surface area contributed by atoms with Crippen LogP contribution in [0.5, 0.6) is 5.75 Å². The molecule has 16 heavy (non-hydrogen) atoms. The average molecular weight is 221 g/mol. The number of ether oxygens (including phenoxy) is 2. The second-order valence-electron chi connectivity index (χ2n) is 4.12.